The maximum absolute atomic E-state index is 13.4. The highest BCUT2D eigenvalue weighted by Crippen LogP contribution is 2.28. The first-order valence-electron chi connectivity index (χ1n) is 11.7. The highest BCUT2D eigenvalue weighted by molar-refractivity contribution is 9.10. The maximum Gasteiger partial charge on any atom is 0.243 e. The fourth-order valence-electron chi connectivity index (χ4n) is 4.39. The summed E-state index contributed by atoms with van der Waals surface area (Å²) in [6.07, 6.45) is 6.26. The average molecular weight is 580 g/mol. The van der Waals surface area contributed by atoms with Crippen molar-refractivity contribution >= 4 is 60.1 Å². The number of carbonyl (C=O) groups is 1. The van der Waals surface area contributed by atoms with Crippen LogP contribution in [0.25, 0.3) is 10.9 Å². The van der Waals surface area contributed by atoms with Gasteiger partial charge in [0.2, 0.25) is 15.9 Å². The van der Waals surface area contributed by atoms with Crippen molar-refractivity contribution in [3.63, 3.8) is 0 Å². The van der Waals surface area contributed by atoms with E-state index < -0.39 is 10.0 Å². The van der Waals surface area contributed by atoms with Gasteiger partial charge in [-0.3, -0.25) is 9.78 Å². The molecule has 0 saturated heterocycles. The van der Waals surface area contributed by atoms with Crippen LogP contribution in [0.5, 0.6) is 0 Å². The van der Waals surface area contributed by atoms with Crippen molar-refractivity contribution < 1.29 is 13.2 Å². The monoisotopic (exact) mass is 578 g/mol. The SMILES string of the molecule is O=C(CN(C1CCCCC1)S(=O)(=O)c1ccc(Br)cc1)NCCNc1ccnc2cc(Cl)ccc12. The lowest BCUT2D eigenvalue weighted by Crippen LogP contribution is -2.47. The van der Waals surface area contributed by atoms with E-state index in [1.807, 2.05) is 18.2 Å². The molecule has 7 nitrogen and oxygen atoms in total. The zero-order valence-corrected chi connectivity index (χ0v) is 22.4. The van der Waals surface area contributed by atoms with Gasteiger partial charge in [0, 0.05) is 45.9 Å². The number of benzene rings is 2. The molecule has 1 saturated carbocycles. The number of nitrogens with one attached hydrogen (secondary N) is 2. The molecule has 0 unspecified atom stereocenters. The minimum Gasteiger partial charge on any atom is -0.383 e. The van der Waals surface area contributed by atoms with E-state index in [1.54, 1.807) is 36.5 Å². The summed E-state index contributed by atoms with van der Waals surface area (Å²) in [6, 6.07) is 13.8. The van der Waals surface area contributed by atoms with Crippen LogP contribution in [0.1, 0.15) is 32.1 Å². The minimum atomic E-state index is -3.80. The van der Waals surface area contributed by atoms with Gasteiger partial charge in [0.05, 0.1) is 17.0 Å². The smallest absolute Gasteiger partial charge is 0.243 e. The Labute approximate surface area is 219 Å². The van der Waals surface area contributed by atoms with Gasteiger partial charge in [0.15, 0.2) is 0 Å². The predicted molar refractivity (Wildman–Crippen MR) is 143 cm³/mol. The molecule has 2 N–H and O–H groups in total. The number of rotatable bonds is 9. The second-order valence-corrected chi connectivity index (χ2v) is 11.8. The lowest BCUT2D eigenvalue weighted by molar-refractivity contribution is -0.121. The van der Waals surface area contributed by atoms with Gasteiger partial charge >= 0.3 is 0 Å². The summed E-state index contributed by atoms with van der Waals surface area (Å²) in [5, 5.41) is 7.72. The summed E-state index contributed by atoms with van der Waals surface area (Å²) in [6.45, 7) is 0.642. The lowest BCUT2D eigenvalue weighted by atomic mass is 9.95. The summed E-state index contributed by atoms with van der Waals surface area (Å²) < 4.78 is 29.1. The second kappa shape index (κ2) is 11.7. The van der Waals surface area contributed by atoms with E-state index in [0.717, 1.165) is 53.2 Å². The third-order valence-electron chi connectivity index (χ3n) is 6.17. The van der Waals surface area contributed by atoms with Crippen LogP contribution < -0.4 is 10.6 Å². The van der Waals surface area contributed by atoms with Crippen LogP contribution in [-0.4, -0.2) is 49.3 Å². The summed E-state index contributed by atoms with van der Waals surface area (Å²) in [7, 11) is -3.80. The number of carbonyl (C=O) groups excluding carboxylic acids is 1. The second-order valence-electron chi connectivity index (χ2n) is 8.59. The molecule has 1 fully saturated rings. The summed E-state index contributed by atoms with van der Waals surface area (Å²) in [5.74, 6) is -0.315. The van der Waals surface area contributed by atoms with Crippen molar-refractivity contribution in [3.8, 4) is 0 Å². The predicted octanol–water partition coefficient (Wildman–Crippen LogP) is 5.20. The van der Waals surface area contributed by atoms with Crippen molar-refractivity contribution in [2.45, 2.75) is 43.0 Å². The van der Waals surface area contributed by atoms with Gasteiger partial charge in [-0.1, -0.05) is 46.8 Å². The number of pyridine rings is 1. The van der Waals surface area contributed by atoms with Crippen molar-refractivity contribution in [1.29, 1.82) is 0 Å². The largest absolute Gasteiger partial charge is 0.383 e. The number of sulfonamides is 1. The van der Waals surface area contributed by atoms with Gasteiger partial charge in [-0.05, 0) is 61.4 Å². The molecule has 0 radical (unpaired) electrons. The molecule has 3 aromatic rings. The third-order valence-corrected chi connectivity index (χ3v) is 8.85. The molecule has 1 aliphatic rings. The van der Waals surface area contributed by atoms with Gasteiger partial charge in [-0.2, -0.15) is 4.31 Å². The molecule has 35 heavy (non-hydrogen) atoms. The number of amides is 1. The van der Waals surface area contributed by atoms with Crippen LogP contribution in [0, 0.1) is 0 Å². The fourth-order valence-corrected chi connectivity index (χ4v) is 6.47. The highest BCUT2D eigenvalue weighted by Gasteiger charge is 2.33. The summed E-state index contributed by atoms with van der Waals surface area (Å²) >= 11 is 9.40. The Balaban J connectivity index is 1.39. The number of hydrogen-bond acceptors (Lipinski definition) is 5. The van der Waals surface area contributed by atoms with Gasteiger partial charge in [-0.25, -0.2) is 8.42 Å². The third kappa shape index (κ3) is 6.52. The Bertz CT molecular complexity index is 1280. The molecule has 10 heteroatoms. The van der Waals surface area contributed by atoms with Gasteiger partial charge < -0.3 is 10.6 Å². The van der Waals surface area contributed by atoms with Crippen molar-refractivity contribution in [3.05, 3.63) is 64.2 Å². The quantitative estimate of drug-likeness (QED) is 0.340. The van der Waals surface area contributed by atoms with Crippen molar-refractivity contribution in [2.75, 3.05) is 25.0 Å². The molecule has 1 aromatic heterocycles. The Morgan fingerprint density at radius 1 is 1.06 bits per heavy atom. The van der Waals surface area contributed by atoms with Gasteiger partial charge in [0.1, 0.15) is 0 Å². The molecular formula is C25H28BrClN4O3S. The van der Waals surface area contributed by atoms with Crippen molar-refractivity contribution in [1.82, 2.24) is 14.6 Å². The van der Waals surface area contributed by atoms with E-state index in [9.17, 15) is 13.2 Å². The molecule has 1 amide bonds. The molecule has 1 heterocycles. The Morgan fingerprint density at radius 2 is 1.80 bits per heavy atom. The zero-order chi connectivity index (χ0) is 24.8. The van der Waals surface area contributed by atoms with Crippen molar-refractivity contribution in [2.24, 2.45) is 0 Å². The molecule has 4 rings (SSSR count). The molecule has 2 aromatic carbocycles. The first-order chi connectivity index (χ1) is 16.8. The summed E-state index contributed by atoms with van der Waals surface area (Å²) in [4.78, 5) is 17.3. The Kier molecular flexibility index (Phi) is 8.64. The molecule has 0 atom stereocenters. The Morgan fingerprint density at radius 3 is 2.54 bits per heavy atom. The van der Waals surface area contributed by atoms with Crippen LogP contribution in [-0.2, 0) is 14.8 Å². The molecular weight excluding hydrogens is 552 g/mol. The van der Waals surface area contributed by atoms with E-state index in [-0.39, 0.29) is 23.4 Å². The number of hydrogen-bond donors (Lipinski definition) is 2. The van der Waals surface area contributed by atoms with Crippen LogP contribution in [0.4, 0.5) is 5.69 Å². The minimum absolute atomic E-state index is 0.170. The number of aromatic nitrogens is 1. The van der Waals surface area contributed by atoms with E-state index in [0.29, 0.717) is 18.1 Å². The Hall–Kier alpha value is -2.20. The van der Waals surface area contributed by atoms with Crippen LogP contribution in [0.2, 0.25) is 5.02 Å². The average Bonchev–Trinajstić information content (AvgIpc) is 2.85. The van der Waals surface area contributed by atoms with Crippen LogP contribution in [0.15, 0.2) is 64.1 Å². The topological polar surface area (TPSA) is 91.4 Å². The van der Waals surface area contributed by atoms with Gasteiger partial charge in [0.25, 0.3) is 0 Å². The standard InChI is InChI=1S/C25H28BrClN4O3S/c26-18-6-9-21(10-7-18)35(33,34)31(20-4-2-1-3-5-20)17-25(32)30-15-14-29-23-12-13-28-24-16-19(27)8-11-22(23)24/h6-13,16,20H,1-5,14-15,17H2,(H,28,29)(H,30,32). The number of anilines is 1. The molecule has 186 valence electrons. The molecule has 1 aliphatic carbocycles. The first kappa shape index (κ1) is 25.9. The maximum atomic E-state index is 13.4. The normalized spacial score (nSPS) is 14.8. The fraction of sp³-hybridized carbons (Fsp3) is 0.360. The molecule has 0 spiro atoms. The number of halogens is 2. The van der Waals surface area contributed by atoms with E-state index >= 15 is 0 Å². The van der Waals surface area contributed by atoms with E-state index in [4.69, 9.17) is 11.6 Å². The lowest BCUT2D eigenvalue weighted by Gasteiger charge is -2.33. The van der Waals surface area contributed by atoms with Crippen LogP contribution in [0.3, 0.4) is 0 Å². The molecule has 0 aliphatic heterocycles. The number of nitrogens with zero attached hydrogens (tertiary/aromatic N) is 2. The van der Waals surface area contributed by atoms with E-state index in [2.05, 4.69) is 31.5 Å². The number of fused-ring (bicyclic) bond motifs is 1. The van der Waals surface area contributed by atoms with Crippen LogP contribution >= 0.6 is 27.5 Å². The summed E-state index contributed by atoms with van der Waals surface area (Å²) in [5.41, 5.74) is 1.68. The van der Waals surface area contributed by atoms with E-state index in [1.165, 1.54) is 4.31 Å². The molecule has 0 bridgehead atoms. The first-order valence-corrected chi connectivity index (χ1v) is 14.3. The zero-order valence-electron chi connectivity index (χ0n) is 19.2. The highest BCUT2D eigenvalue weighted by atomic mass is 79.9. The van der Waals surface area contributed by atoms with Gasteiger partial charge in [-0.15, -0.1) is 0 Å².